The normalized spacial score (nSPS) is 18.0. The Morgan fingerprint density at radius 3 is 2.85 bits per heavy atom. The van der Waals surface area contributed by atoms with Crippen molar-refractivity contribution in [2.75, 3.05) is 11.1 Å². The summed E-state index contributed by atoms with van der Waals surface area (Å²) in [5.74, 6) is 0.363. The van der Waals surface area contributed by atoms with E-state index in [9.17, 15) is 0 Å². The van der Waals surface area contributed by atoms with Crippen LogP contribution in [0.5, 0.6) is 0 Å². The summed E-state index contributed by atoms with van der Waals surface area (Å²) in [4.78, 5) is 8.71. The summed E-state index contributed by atoms with van der Waals surface area (Å²) in [6.07, 6.45) is 3.32. The molecule has 20 heavy (non-hydrogen) atoms. The van der Waals surface area contributed by atoms with Gasteiger partial charge in [0, 0.05) is 11.4 Å². The molecule has 0 radical (unpaired) electrons. The Hall–Kier alpha value is -2.10. The van der Waals surface area contributed by atoms with Crippen LogP contribution in [0.3, 0.4) is 0 Å². The van der Waals surface area contributed by atoms with Crippen LogP contribution in [0.25, 0.3) is 0 Å². The van der Waals surface area contributed by atoms with Crippen LogP contribution in [0.2, 0.25) is 0 Å². The first-order valence-electron chi connectivity index (χ1n) is 7.10. The van der Waals surface area contributed by atoms with Gasteiger partial charge in [0.1, 0.15) is 0 Å². The molecule has 0 aliphatic carbocycles. The molecule has 104 valence electrons. The topological polar surface area (TPSA) is 63.8 Å². The Balaban J connectivity index is 1.99. The molecule has 2 heterocycles. The molecule has 0 spiro atoms. The molecule has 3 rings (SSSR count). The van der Waals surface area contributed by atoms with Gasteiger partial charge in [-0.25, -0.2) is 9.97 Å². The minimum atomic E-state index is 0.211. The molecule has 4 nitrogen and oxygen atoms in total. The Morgan fingerprint density at radius 2 is 2.00 bits per heavy atom. The van der Waals surface area contributed by atoms with E-state index in [-0.39, 0.29) is 6.04 Å². The lowest BCUT2D eigenvalue weighted by molar-refractivity contribution is 0.642. The van der Waals surface area contributed by atoms with Crippen LogP contribution in [0.4, 0.5) is 11.6 Å². The van der Waals surface area contributed by atoms with Gasteiger partial charge in [0.15, 0.2) is 0 Å². The molecule has 0 saturated carbocycles. The number of aromatic nitrogens is 2. The lowest BCUT2D eigenvalue weighted by atomic mass is 10.0. The first-order valence-corrected chi connectivity index (χ1v) is 7.10. The summed E-state index contributed by atoms with van der Waals surface area (Å²) < 4.78 is 0. The van der Waals surface area contributed by atoms with Crippen molar-refractivity contribution in [1.29, 1.82) is 0 Å². The van der Waals surface area contributed by atoms with E-state index >= 15 is 0 Å². The van der Waals surface area contributed by atoms with Crippen molar-refractivity contribution in [3.8, 4) is 0 Å². The maximum absolute atomic E-state index is 5.82. The highest BCUT2D eigenvalue weighted by atomic mass is 15.0. The fourth-order valence-electron chi connectivity index (χ4n) is 2.85. The van der Waals surface area contributed by atoms with Crippen molar-refractivity contribution < 1.29 is 0 Å². The number of fused-ring (bicyclic) bond motifs is 1. The van der Waals surface area contributed by atoms with Gasteiger partial charge in [-0.2, -0.15) is 0 Å². The van der Waals surface area contributed by atoms with Gasteiger partial charge in [0.05, 0.1) is 11.7 Å². The summed E-state index contributed by atoms with van der Waals surface area (Å²) in [5, 5.41) is 3.63. The summed E-state index contributed by atoms with van der Waals surface area (Å²) in [5.41, 5.74) is 11.5. The predicted octanol–water partition coefficient (Wildman–Crippen LogP) is 3.17. The van der Waals surface area contributed by atoms with Crippen molar-refractivity contribution in [3.05, 3.63) is 46.8 Å². The van der Waals surface area contributed by atoms with E-state index in [0.29, 0.717) is 5.95 Å². The van der Waals surface area contributed by atoms with Gasteiger partial charge >= 0.3 is 0 Å². The molecule has 0 saturated heterocycles. The molecule has 0 fully saturated rings. The van der Waals surface area contributed by atoms with Crippen molar-refractivity contribution in [1.82, 2.24) is 9.97 Å². The second-order valence-corrected chi connectivity index (χ2v) is 5.42. The van der Waals surface area contributed by atoms with Crippen molar-refractivity contribution >= 4 is 11.6 Å². The number of rotatable bonds is 1. The minimum absolute atomic E-state index is 0.211. The van der Waals surface area contributed by atoms with Crippen LogP contribution in [0.1, 0.15) is 41.4 Å². The predicted molar refractivity (Wildman–Crippen MR) is 81.7 cm³/mol. The molecule has 1 aromatic heterocycles. The highest BCUT2D eigenvalue weighted by molar-refractivity contribution is 5.54. The average molecular weight is 268 g/mol. The van der Waals surface area contributed by atoms with Crippen molar-refractivity contribution in [2.45, 2.75) is 39.2 Å². The lowest BCUT2D eigenvalue weighted by Gasteiger charge is -2.20. The number of nitrogens with zero attached hydrogens (tertiary/aromatic N) is 2. The second-order valence-electron chi connectivity index (χ2n) is 5.42. The molecule has 2 aromatic rings. The Morgan fingerprint density at radius 1 is 1.20 bits per heavy atom. The molecule has 1 aliphatic heterocycles. The molecule has 1 aliphatic rings. The van der Waals surface area contributed by atoms with Gasteiger partial charge in [0.2, 0.25) is 5.95 Å². The fourth-order valence-corrected chi connectivity index (χ4v) is 2.85. The Bertz CT molecular complexity index is 636. The summed E-state index contributed by atoms with van der Waals surface area (Å²) in [6, 6.07) is 8.71. The third kappa shape index (κ3) is 2.33. The van der Waals surface area contributed by atoms with Crippen LogP contribution < -0.4 is 11.1 Å². The molecular weight excluding hydrogens is 248 g/mol. The van der Waals surface area contributed by atoms with Gasteiger partial charge in [-0.05, 0) is 50.3 Å². The van der Waals surface area contributed by atoms with Crippen molar-refractivity contribution in [3.63, 3.8) is 0 Å². The molecular formula is C16H20N4. The Labute approximate surface area is 119 Å². The maximum atomic E-state index is 5.82. The van der Waals surface area contributed by atoms with Gasteiger partial charge in [-0.15, -0.1) is 0 Å². The van der Waals surface area contributed by atoms with E-state index in [2.05, 4.69) is 46.5 Å². The number of hydrogen-bond acceptors (Lipinski definition) is 4. The van der Waals surface area contributed by atoms with E-state index in [1.807, 2.05) is 6.92 Å². The number of aryl methyl sites for hydroxylation is 2. The third-order valence-electron chi connectivity index (χ3n) is 4.06. The number of hydrogen-bond donors (Lipinski definition) is 2. The van der Waals surface area contributed by atoms with Gasteiger partial charge < -0.3 is 11.1 Å². The van der Waals surface area contributed by atoms with Crippen LogP contribution in [-0.2, 0) is 6.42 Å². The fraction of sp³-hybridized carbons (Fsp3) is 0.375. The van der Waals surface area contributed by atoms with Crippen LogP contribution >= 0.6 is 0 Å². The molecule has 1 aromatic carbocycles. The standard InChI is InChI=1S/C16H20N4/c1-10-11(2)18-16(17)20-15(10)14-9-5-7-12-6-3-4-8-13(12)19-14/h3-4,6,8,14,19H,5,7,9H2,1-2H3,(H2,17,18,20). The zero-order chi connectivity index (χ0) is 14.1. The lowest BCUT2D eigenvalue weighted by Crippen LogP contribution is -2.15. The summed E-state index contributed by atoms with van der Waals surface area (Å²) >= 11 is 0. The number of para-hydroxylation sites is 1. The number of nitrogens with one attached hydrogen (secondary N) is 1. The third-order valence-corrected chi connectivity index (χ3v) is 4.06. The van der Waals surface area contributed by atoms with Crippen molar-refractivity contribution in [2.24, 2.45) is 0 Å². The van der Waals surface area contributed by atoms with Crippen LogP contribution in [0.15, 0.2) is 24.3 Å². The minimum Gasteiger partial charge on any atom is -0.376 e. The first-order chi connectivity index (χ1) is 9.65. The zero-order valence-electron chi connectivity index (χ0n) is 12.0. The van der Waals surface area contributed by atoms with Crippen LogP contribution in [-0.4, -0.2) is 9.97 Å². The Kier molecular flexibility index (Phi) is 3.30. The number of benzene rings is 1. The molecule has 0 bridgehead atoms. The van der Waals surface area contributed by atoms with Crippen LogP contribution in [0, 0.1) is 13.8 Å². The number of nitrogens with two attached hydrogens (primary N) is 1. The smallest absolute Gasteiger partial charge is 0.220 e. The summed E-state index contributed by atoms with van der Waals surface area (Å²) in [6.45, 7) is 4.06. The highest BCUT2D eigenvalue weighted by Gasteiger charge is 2.21. The average Bonchev–Trinajstić information content (AvgIpc) is 2.64. The van der Waals surface area contributed by atoms with Gasteiger partial charge in [0.25, 0.3) is 0 Å². The SMILES string of the molecule is Cc1nc(N)nc(C2CCCc3ccccc3N2)c1C. The molecule has 0 amide bonds. The first kappa shape index (κ1) is 12.9. The number of nitrogen functional groups attached to an aromatic ring is 1. The summed E-state index contributed by atoms with van der Waals surface area (Å²) in [7, 11) is 0. The molecule has 3 N–H and O–H groups in total. The van der Waals surface area contributed by atoms with E-state index < -0.39 is 0 Å². The van der Waals surface area contributed by atoms with E-state index in [0.717, 1.165) is 36.2 Å². The second kappa shape index (κ2) is 5.12. The highest BCUT2D eigenvalue weighted by Crippen LogP contribution is 2.32. The van der Waals surface area contributed by atoms with Gasteiger partial charge in [-0.3, -0.25) is 0 Å². The molecule has 1 atom stereocenters. The molecule has 4 heteroatoms. The van der Waals surface area contributed by atoms with E-state index in [4.69, 9.17) is 5.73 Å². The zero-order valence-corrected chi connectivity index (χ0v) is 12.0. The maximum Gasteiger partial charge on any atom is 0.220 e. The van der Waals surface area contributed by atoms with Gasteiger partial charge in [-0.1, -0.05) is 18.2 Å². The monoisotopic (exact) mass is 268 g/mol. The largest absolute Gasteiger partial charge is 0.376 e. The van der Waals surface area contributed by atoms with E-state index in [1.165, 1.54) is 11.3 Å². The molecule has 1 unspecified atom stereocenters. The van der Waals surface area contributed by atoms with E-state index in [1.54, 1.807) is 0 Å². The quantitative estimate of drug-likeness (QED) is 0.834. The number of anilines is 2.